The second-order valence-corrected chi connectivity index (χ2v) is 6.28. The molecule has 1 aromatic heterocycles. The Hall–Kier alpha value is -2.14. The van der Waals surface area contributed by atoms with Crippen molar-refractivity contribution in [3.63, 3.8) is 0 Å². The van der Waals surface area contributed by atoms with E-state index in [4.69, 9.17) is 11.6 Å². The first-order valence-corrected chi connectivity index (χ1v) is 8.68. The summed E-state index contributed by atoms with van der Waals surface area (Å²) in [4.78, 5) is 16.0. The van der Waals surface area contributed by atoms with E-state index in [0.717, 1.165) is 49.7 Å². The summed E-state index contributed by atoms with van der Waals surface area (Å²) in [6.45, 7) is 5.09. The first kappa shape index (κ1) is 16.7. The lowest BCUT2D eigenvalue weighted by atomic mass is 10.1. The van der Waals surface area contributed by atoms with E-state index >= 15 is 0 Å². The van der Waals surface area contributed by atoms with E-state index in [2.05, 4.69) is 15.1 Å². The fraction of sp³-hybridized carbons (Fsp3) is 0.389. The zero-order valence-electron chi connectivity index (χ0n) is 13.8. The van der Waals surface area contributed by atoms with Gasteiger partial charge in [0.25, 0.3) is 0 Å². The molecule has 1 fully saturated rings. The van der Waals surface area contributed by atoms with Crippen LogP contribution in [0, 0.1) is 0 Å². The molecule has 2 aromatic rings. The topological polar surface area (TPSA) is 49.3 Å². The van der Waals surface area contributed by atoms with Crippen LogP contribution in [0.4, 0.5) is 5.82 Å². The summed E-state index contributed by atoms with van der Waals surface area (Å²) in [5, 5.41) is 9.32. The Kier molecular flexibility index (Phi) is 5.30. The maximum atomic E-state index is 11.9. The first-order valence-electron chi connectivity index (χ1n) is 8.30. The van der Waals surface area contributed by atoms with Crippen LogP contribution in [0.25, 0.3) is 11.3 Å². The van der Waals surface area contributed by atoms with Crippen LogP contribution in [0.2, 0.25) is 5.02 Å². The average molecular weight is 345 g/mol. The molecule has 0 unspecified atom stereocenters. The van der Waals surface area contributed by atoms with Gasteiger partial charge in [-0.1, -0.05) is 36.7 Å². The van der Waals surface area contributed by atoms with Gasteiger partial charge in [0.1, 0.15) is 0 Å². The van der Waals surface area contributed by atoms with Crippen molar-refractivity contribution in [2.75, 3.05) is 31.1 Å². The molecule has 126 valence electrons. The highest BCUT2D eigenvalue weighted by Gasteiger charge is 2.21. The van der Waals surface area contributed by atoms with Gasteiger partial charge in [0.05, 0.1) is 10.7 Å². The van der Waals surface area contributed by atoms with Gasteiger partial charge in [-0.25, -0.2) is 0 Å². The van der Waals surface area contributed by atoms with Crippen LogP contribution in [0.5, 0.6) is 0 Å². The van der Waals surface area contributed by atoms with E-state index in [1.165, 1.54) is 0 Å². The van der Waals surface area contributed by atoms with Crippen molar-refractivity contribution in [2.45, 2.75) is 19.8 Å². The Morgan fingerprint density at radius 1 is 1.08 bits per heavy atom. The van der Waals surface area contributed by atoms with Crippen molar-refractivity contribution in [1.29, 1.82) is 0 Å². The molecular formula is C18H21ClN4O. The van der Waals surface area contributed by atoms with Gasteiger partial charge in [0.2, 0.25) is 5.91 Å². The molecule has 0 bridgehead atoms. The molecule has 24 heavy (non-hydrogen) atoms. The molecule has 0 spiro atoms. The summed E-state index contributed by atoms with van der Waals surface area (Å²) in [5.74, 6) is 1.09. The van der Waals surface area contributed by atoms with Crippen molar-refractivity contribution in [3.8, 4) is 11.3 Å². The summed E-state index contributed by atoms with van der Waals surface area (Å²) in [6.07, 6.45) is 1.53. The number of rotatable bonds is 4. The van der Waals surface area contributed by atoms with Gasteiger partial charge in [0, 0.05) is 38.2 Å². The standard InChI is InChI=1S/C18H21ClN4O/c1-2-5-18(24)23-12-10-22(11-13-23)17-9-8-16(20-21-17)14-6-3-4-7-15(14)19/h3-4,6-9H,2,5,10-13H2,1H3. The third-order valence-electron chi connectivity index (χ3n) is 4.22. The van der Waals surface area contributed by atoms with Crippen LogP contribution in [0.3, 0.4) is 0 Å². The van der Waals surface area contributed by atoms with Crippen molar-refractivity contribution in [1.82, 2.24) is 15.1 Å². The smallest absolute Gasteiger partial charge is 0.222 e. The summed E-state index contributed by atoms with van der Waals surface area (Å²) in [6, 6.07) is 11.5. The molecule has 0 atom stereocenters. The van der Waals surface area contributed by atoms with E-state index in [1.54, 1.807) is 0 Å². The Morgan fingerprint density at radius 2 is 1.83 bits per heavy atom. The van der Waals surface area contributed by atoms with Gasteiger partial charge in [-0.15, -0.1) is 10.2 Å². The Labute approximate surface area is 147 Å². The lowest BCUT2D eigenvalue weighted by molar-refractivity contribution is -0.131. The van der Waals surface area contributed by atoms with Crippen LogP contribution in [0.15, 0.2) is 36.4 Å². The van der Waals surface area contributed by atoms with E-state index in [-0.39, 0.29) is 5.91 Å². The maximum absolute atomic E-state index is 11.9. The minimum absolute atomic E-state index is 0.248. The second-order valence-electron chi connectivity index (χ2n) is 5.87. The third-order valence-corrected chi connectivity index (χ3v) is 4.55. The van der Waals surface area contributed by atoms with Crippen molar-refractivity contribution >= 4 is 23.3 Å². The molecule has 1 aromatic carbocycles. The van der Waals surface area contributed by atoms with E-state index in [0.29, 0.717) is 11.4 Å². The lowest BCUT2D eigenvalue weighted by Gasteiger charge is -2.35. The zero-order chi connectivity index (χ0) is 16.9. The third kappa shape index (κ3) is 3.67. The SMILES string of the molecule is CCCC(=O)N1CCN(c2ccc(-c3ccccc3Cl)nn2)CC1. The molecule has 1 aliphatic rings. The minimum Gasteiger partial charge on any atom is -0.352 e. The summed E-state index contributed by atoms with van der Waals surface area (Å²) in [5.41, 5.74) is 1.65. The minimum atomic E-state index is 0.248. The van der Waals surface area contributed by atoms with Gasteiger partial charge in [0.15, 0.2) is 5.82 Å². The highest BCUT2D eigenvalue weighted by molar-refractivity contribution is 6.33. The number of halogens is 1. The molecule has 3 rings (SSSR count). The van der Waals surface area contributed by atoms with Crippen LogP contribution in [0.1, 0.15) is 19.8 Å². The number of amides is 1. The Balaban J connectivity index is 1.65. The fourth-order valence-corrected chi connectivity index (χ4v) is 3.10. The normalized spacial score (nSPS) is 14.8. The lowest BCUT2D eigenvalue weighted by Crippen LogP contribution is -2.49. The fourth-order valence-electron chi connectivity index (χ4n) is 2.86. The maximum Gasteiger partial charge on any atom is 0.222 e. The van der Waals surface area contributed by atoms with Gasteiger partial charge in [-0.2, -0.15) is 0 Å². The summed E-state index contributed by atoms with van der Waals surface area (Å²) >= 11 is 6.20. The Morgan fingerprint density at radius 3 is 2.46 bits per heavy atom. The molecule has 1 amide bonds. The molecular weight excluding hydrogens is 324 g/mol. The van der Waals surface area contributed by atoms with E-state index < -0.39 is 0 Å². The number of anilines is 1. The summed E-state index contributed by atoms with van der Waals surface area (Å²) in [7, 11) is 0. The number of benzene rings is 1. The molecule has 5 nitrogen and oxygen atoms in total. The summed E-state index contributed by atoms with van der Waals surface area (Å²) < 4.78 is 0. The van der Waals surface area contributed by atoms with Crippen LogP contribution < -0.4 is 4.90 Å². The van der Waals surface area contributed by atoms with Crippen molar-refractivity contribution in [2.24, 2.45) is 0 Å². The molecule has 0 aliphatic carbocycles. The van der Waals surface area contributed by atoms with Crippen LogP contribution in [-0.2, 0) is 4.79 Å². The molecule has 0 saturated carbocycles. The van der Waals surface area contributed by atoms with E-state index in [9.17, 15) is 4.79 Å². The van der Waals surface area contributed by atoms with Crippen LogP contribution in [-0.4, -0.2) is 47.2 Å². The zero-order valence-corrected chi connectivity index (χ0v) is 14.5. The van der Waals surface area contributed by atoms with Gasteiger partial charge >= 0.3 is 0 Å². The predicted octanol–water partition coefficient (Wildman–Crippen LogP) is 3.25. The second kappa shape index (κ2) is 7.62. The largest absolute Gasteiger partial charge is 0.352 e. The molecule has 0 N–H and O–H groups in total. The number of piperazine rings is 1. The Bertz CT molecular complexity index is 696. The number of hydrogen-bond acceptors (Lipinski definition) is 4. The van der Waals surface area contributed by atoms with Crippen LogP contribution >= 0.6 is 11.6 Å². The van der Waals surface area contributed by atoms with E-state index in [1.807, 2.05) is 48.2 Å². The number of aromatic nitrogens is 2. The quantitative estimate of drug-likeness (QED) is 0.854. The predicted molar refractivity (Wildman–Crippen MR) is 96.2 cm³/mol. The average Bonchev–Trinajstić information content (AvgIpc) is 2.63. The highest BCUT2D eigenvalue weighted by atomic mass is 35.5. The molecule has 1 saturated heterocycles. The number of hydrogen-bond donors (Lipinski definition) is 0. The number of carbonyl (C=O) groups excluding carboxylic acids is 1. The van der Waals surface area contributed by atoms with Crippen molar-refractivity contribution in [3.05, 3.63) is 41.4 Å². The molecule has 2 heterocycles. The first-order chi connectivity index (χ1) is 11.7. The van der Waals surface area contributed by atoms with Gasteiger partial charge < -0.3 is 9.80 Å². The number of carbonyl (C=O) groups is 1. The molecule has 1 aliphatic heterocycles. The highest BCUT2D eigenvalue weighted by Crippen LogP contribution is 2.26. The molecule has 6 heteroatoms. The molecule has 0 radical (unpaired) electrons. The number of nitrogens with zero attached hydrogens (tertiary/aromatic N) is 4. The monoisotopic (exact) mass is 344 g/mol. The van der Waals surface area contributed by atoms with Gasteiger partial charge in [-0.05, 0) is 24.6 Å². The van der Waals surface area contributed by atoms with Crippen molar-refractivity contribution < 1.29 is 4.79 Å². The van der Waals surface area contributed by atoms with Gasteiger partial charge in [-0.3, -0.25) is 4.79 Å².